The van der Waals surface area contributed by atoms with Crippen molar-refractivity contribution in [1.29, 1.82) is 0 Å². The van der Waals surface area contributed by atoms with Crippen LogP contribution < -0.4 is 5.32 Å². The van der Waals surface area contributed by atoms with E-state index in [1.807, 2.05) is 18.2 Å². The van der Waals surface area contributed by atoms with Crippen LogP contribution in [0.5, 0.6) is 0 Å². The molecule has 0 fully saturated rings. The third-order valence-electron chi connectivity index (χ3n) is 1.53. The maximum Gasteiger partial charge on any atom is 0.211 e. The van der Waals surface area contributed by atoms with E-state index in [1.54, 1.807) is 11.8 Å². The van der Waals surface area contributed by atoms with Gasteiger partial charge in [0.25, 0.3) is 0 Å². The highest BCUT2D eigenvalue weighted by atomic mass is 35.5. The zero-order chi connectivity index (χ0) is 10.6. The molecule has 0 atom stereocenters. The molecule has 0 heterocycles. The topological polar surface area (TPSA) is 29.1 Å². The molecular formula is C10H12ClNOS. The number of thioether (sulfide) groups is 1. The fourth-order valence-corrected chi connectivity index (χ4v) is 2.26. The van der Waals surface area contributed by atoms with Crippen LogP contribution in [0.2, 0.25) is 5.02 Å². The van der Waals surface area contributed by atoms with Crippen molar-refractivity contribution in [3.63, 3.8) is 0 Å². The molecule has 1 amide bonds. The third-order valence-corrected chi connectivity index (χ3v) is 3.11. The lowest BCUT2D eigenvalue weighted by molar-refractivity contribution is -0.105. The summed E-state index contributed by atoms with van der Waals surface area (Å²) < 4.78 is 0. The highest BCUT2D eigenvalue weighted by molar-refractivity contribution is 8.00. The molecule has 0 aromatic heterocycles. The first kappa shape index (κ1) is 11.4. The SMILES string of the molecule is CC(C)Sc1c(Cl)cccc1NC=O. The summed E-state index contributed by atoms with van der Waals surface area (Å²) in [5, 5.41) is 3.75. The zero-order valence-electron chi connectivity index (χ0n) is 8.08. The number of benzene rings is 1. The lowest BCUT2D eigenvalue weighted by Gasteiger charge is -2.11. The minimum Gasteiger partial charge on any atom is -0.328 e. The van der Waals surface area contributed by atoms with Crippen LogP contribution in [0.1, 0.15) is 13.8 Å². The summed E-state index contributed by atoms with van der Waals surface area (Å²) in [6, 6.07) is 5.48. The average Bonchev–Trinajstić information content (AvgIpc) is 2.11. The first-order valence-electron chi connectivity index (χ1n) is 4.30. The number of rotatable bonds is 4. The molecule has 4 heteroatoms. The van der Waals surface area contributed by atoms with E-state index in [0.29, 0.717) is 16.7 Å². The van der Waals surface area contributed by atoms with Gasteiger partial charge < -0.3 is 5.32 Å². The van der Waals surface area contributed by atoms with Crippen molar-refractivity contribution in [2.24, 2.45) is 0 Å². The van der Waals surface area contributed by atoms with Gasteiger partial charge in [-0.2, -0.15) is 0 Å². The Bertz CT molecular complexity index is 328. The lowest BCUT2D eigenvalue weighted by atomic mass is 10.3. The molecule has 0 aliphatic carbocycles. The molecule has 14 heavy (non-hydrogen) atoms. The Morgan fingerprint density at radius 3 is 2.79 bits per heavy atom. The fraction of sp³-hybridized carbons (Fsp3) is 0.300. The molecule has 0 spiro atoms. The molecule has 1 aromatic carbocycles. The van der Waals surface area contributed by atoms with E-state index in [1.165, 1.54) is 0 Å². The molecule has 0 saturated carbocycles. The van der Waals surface area contributed by atoms with Crippen LogP contribution in [0.25, 0.3) is 0 Å². The standard InChI is InChI=1S/C10H12ClNOS/c1-7(2)14-10-8(11)4-3-5-9(10)12-6-13/h3-7H,1-2H3,(H,12,13). The number of anilines is 1. The Hall–Kier alpha value is -0.670. The van der Waals surface area contributed by atoms with Crippen molar-refractivity contribution < 1.29 is 4.79 Å². The van der Waals surface area contributed by atoms with E-state index in [9.17, 15) is 4.79 Å². The van der Waals surface area contributed by atoms with Gasteiger partial charge >= 0.3 is 0 Å². The van der Waals surface area contributed by atoms with E-state index in [2.05, 4.69) is 19.2 Å². The van der Waals surface area contributed by atoms with Crippen molar-refractivity contribution >= 4 is 35.5 Å². The summed E-state index contributed by atoms with van der Waals surface area (Å²) in [5.74, 6) is 0. The molecule has 0 aliphatic rings. The quantitative estimate of drug-likeness (QED) is 0.633. The van der Waals surface area contributed by atoms with Crippen molar-refractivity contribution in [3.05, 3.63) is 23.2 Å². The molecule has 0 radical (unpaired) electrons. The third kappa shape index (κ3) is 2.93. The van der Waals surface area contributed by atoms with Crippen LogP contribution in [0, 0.1) is 0 Å². The summed E-state index contributed by atoms with van der Waals surface area (Å²) in [7, 11) is 0. The lowest BCUT2D eigenvalue weighted by Crippen LogP contribution is -1.97. The van der Waals surface area contributed by atoms with Gasteiger partial charge in [0.2, 0.25) is 6.41 Å². The van der Waals surface area contributed by atoms with Crippen molar-refractivity contribution in [1.82, 2.24) is 0 Å². The second kappa shape index (κ2) is 5.27. The molecular weight excluding hydrogens is 218 g/mol. The summed E-state index contributed by atoms with van der Waals surface area (Å²) >= 11 is 7.67. The maximum atomic E-state index is 10.4. The number of halogens is 1. The molecule has 76 valence electrons. The van der Waals surface area contributed by atoms with E-state index in [4.69, 9.17) is 11.6 Å². The summed E-state index contributed by atoms with van der Waals surface area (Å²) in [4.78, 5) is 11.3. The van der Waals surface area contributed by atoms with Gasteiger partial charge in [0.15, 0.2) is 0 Å². The minimum atomic E-state index is 0.433. The van der Waals surface area contributed by atoms with Crippen molar-refractivity contribution in [2.75, 3.05) is 5.32 Å². The molecule has 2 nitrogen and oxygen atoms in total. The Morgan fingerprint density at radius 2 is 2.21 bits per heavy atom. The number of nitrogens with one attached hydrogen (secondary N) is 1. The molecule has 0 saturated heterocycles. The monoisotopic (exact) mass is 229 g/mol. The van der Waals surface area contributed by atoms with Crippen LogP contribution in [-0.4, -0.2) is 11.7 Å². The first-order chi connectivity index (χ1) is 6.65. The normalized spacial score (nSPS) is 10.3. The number of carbonyl (C=O) groups excluding carboxylic acids is 1. The molecule has 1 aromatic rings. The Balaban J connectivity index is 3.01. The van der Waals surface area contributed by atoms with Crippen molar-refractivity contribution in [2.45, 2.75) is 24.0 Å². The van der Waals surface area contributed by atoms with Gasteiger partial charge in [0.1, 0.15) is 0 Å². The van der Waals surface area contributed by atoms with Gasteiger partial charge in [-0.05, 0) is 12.1 Å². The minimum absolute atomic E-state index is 0.433. The van der Waals surface area contributed by atoms with Gasteiger partial charge in [-0.15, -0.1) is 11.8 Å². The highest BCUT2D eigenvalue weighted by Crippen LogP contribution is 2.36. The second-order valence-electron chi connectivity index (χ2n) is 3.05. The van der Waals surface area contributed by atoms with Crippen LogP contribution in [-0.2, 0) is 4.79 Å². The van der Waals surface area contributed by atoms with Crippen LogP contribution in [0.4, 0.5) is 5.69 Å². The second-order valence-corrected chi connectivity index (χ2v) is 5.04. The highest BCUT2D eigenvalue weighted by Gasteiger charge is 2.08. The number of hydrogen-bond acceptors (Lipinski definition) is 2. The van der Waals surface area contributed by atoms with E-state index >= 15 is 0 Å². The first-order valence-corrected chi connectivity index (χ1v) is 5.56. The van der Waals surface area contributed by atoms with Crippen molar-refractivity contribution in [3.8, 4) is 0 Å². The van der Waals surface area contributed by atoms with Crippen LogP contribution >= 0.6 is 23.4 Å². The van der Waals surface area contributed by atoms with E-state index in [0.717, 1.165) is 10.6 Å². The van der Waals surface area contributed by atoms with E-state index in [-0.39, 0.29) is 0 Å². The van der Waals surface area contributed by atoms with Gasteiger partial charge in [-0.25, -0.2) is 0 Å². The fourth-order valence-electron chi connectivity index (χ4n) is 1.04. The smallest absolute Gasteiger partial charge is 0.211 e. The summed E-state index contributed by atoms with van der Waals surface area (Å²) in [5.41, 5.74) is 0.770. The molecule has 1 rings (SSSR count). The summed E-state index contributed by atoms with van der Waals surface area (Å²) in [6.45, 7) is 4.16. The largest absolute Gasteiger partial charge is 0.328 e. The predicted octanol–water partition coefficient (Wildman–Crippen LogP) is 3.41. The molecule has 1 N–H and O–H groups in total. The number of carbonyl (C=O) groups is 1. The Labute approximate surface area is 93.0 Å². The Morgan fingerprint density at radius 1 is 1.50 bits per heavy atom. The number of amides is 1. The van der Waals surface area contributed by atoms with E-state index < -0.39 is 0 Å². The van der Waals surface area contributed by atoms with Gasteiger partial charge in [-0.1, -0.05) is 31.5 Å². The van der Waals surface area contributed by atoms with Gasteiger partial charge in [0, 0.05) is 10.1 Å². The van der Waals surface area contributed by atoms with Gasteiger partial charge in [-0.3, -0.25) is 4.79 Å². The number of hydrogen-bond donors (Lipinski definition) is 1. The molecule has 0 bridgehead atoms. The molecule has 0 unspecified atom stereocenters. The van der Waals surface area contributed by atoms with Crippen LogP contribution in [0.15, 0.2) is 23.1 Å². The predicted molar refractivity (Wildman–Crippen MR) is 62.1 cm³/mol. The maximum absolute atomic E-state index is 10.4. The summed E-state index contributed by atoms with van der Waals surface area (Å²) in [6.07, 6.45) is 0.663. The molecule has 0 aliphatic heterocycles. The van der Waals surface area contributed by atoms with Crippen LogP contribution in [0.3, 0.4) is 0 Å². The average molecular weight is 230 g/mol. The Kier molecular flexibility index (Phi) is 4.29. The van der Waals surface area contributed by atoms with Gasteiger partial charge in [0.05, 0.1) is 10.7 Å². The zero-order valence-corrected chi connectivity index (χ0v) is 9.65.